The number of nitrogens with one attached hydrogen (secondary N) is 1. The van der Waals surface area contributed by atoms with Crippen LogP contribution in [0.15, 0.2) is 71.8 Å². The summed E-state index contributed by atoms with van der Waals surface area (Å²) in [4.78, 5) is 0. The molecule has 23 heavy (non-hydrogen) atoms. The SMILES string of the molecule is C=C(N/C=C/CCC(C)C1=CC(C)=C(C(=C)CC)C(=C)C1)OC. The second-order valence-corrected chi connectivity index (χ2v) is 6.17. The Morgan fingerprint density at radius 2 is 2.13 bits per heavy atom. The number of hydrogen-bond acceptors (Lipinski definition) is 2. The molecule has 1 atom stereocenters. The van der Waals surface area contributed by atoms with Gasteiger partial charge in [0.05, 0.1) is 7.11 Å². The number of hydrogen-bond donors (Lipinski definition) is 1. The van der Waals surface area contributed by atoms with Gasteiger partial charge < -0.3 is 10.1 Å². The minimum Gasteiger partial charge on any atom is -0.483 e. The highest BCUT2D eigenvalue weighted by Gasteiger charge is 2.19. The van der Waals surface area contributed by atoms with Gasteiger partial charge in [-0.05, 0) is 73.6 Å². The van der Waals surface area contributed by atoms with Gasteiger partial charge in [0.1, 0.15) is 0 Å². The van der Waals surface area contributed by atoms with Crippen LogP contribution in [0.1, 0.15) is 46.5 Å². The summed E-state index contributed by atoms with van der Waals surface area (Å²) in [5.74, 6) is 1.11. The Hall–Kier alpha value is -1.96. The largest absolute Gasteiger partial charge is 0.483 e. The van der Waals surface area contributed by atoms with Crippen molar-refractivity contribution in [2.24, 2.45) is 5.92 Å². The third kappa shape index (κ3) is 5.63. The standard InChI is InChI=1S/C21H31NO/c1-8-15(2)21-17(4)13-20(14-18(21)5)16(3)11-9-10-12-22-19(6)23-7/h10,12,14,16,22H,2,4,6,8-9,11,13H2,1,3,5,7H3/b12-10+. The summed E-state index contributed by atoms with van der Waals surface area (Å²) in [6.07, 6.45) is 10.4. The lowest BCUT2D eigenvalue weighted by Crippen LogP contribution is -2.08. The fourth-order valence-electron chi connectivity index (χ4n) is 2.86. The lowest BCUT2D eigenvalue weighted by molar-refractivity contribution is 0.274. The van der Waals surface area contributed by atoms with Crippen molar-refractivity contribution < 1.29 is 4.74 Å². The van der Waals surface area contributed by atoms with Crippen LogP contribution in [-0.2, 0) is 4.74 Å². The van der Waals surface area contributed by atoms with Crippen LogP contribution in [0.25, 0.3) is 0 Å². The van der Waals surface area contributed by atoms with Gasteiger partial charge in [-0.2, -0.15) is 0 Å². The molecular weight excluding hydrogens is 282 g/mol. The van der Waals surface area contributed by atoms with E-state index in [4.69, 9.17) is 4.74 Å². The lowest BCUT2D eigenvalue weighted by atomic mass is 9.80. The first-order chi connectivity index (χ1) is 10.9. The first-order valence-electron chi connectivity index (χ1n) is 8.32. The molecule has 0 spiro atoms. The summed E-state index contributed by atoms with van der Waals surface area (Å²) in [7, 11) is 1.60. The van der Waals surface area contributed by atoms with Crippen molar-refractivity contribution in [2.45, 2.75) is 46.5 Å². The van der Waals surface area contributed by atoms with Gasteiger partial charge in [-0.25, -0.2) is 0 Å². The number of methoxy groups -OCH3 is 1. The lowest BCUT2D eigenvalue weighted by Gasteiger charge is -2.25. The molecule has 0 saturated carbocycles. The van der Waals surface area contributed by atoms with Crippen LogP contribution in [-0.4, -0.2) is 7.11 Å². The van der Waals surface area contributed by atoms with Gasteiger partial charge in [-0.15, -0.1) is 0 Å². The maximum absolute atomic E-state index is 4.95. The molecule has 2 nitrogen and oxygen atoms in total. The van der Waals surface area contributed by atoms with Crippen molar-refractivity contribution in [1.82, 2.24) is 5.32 Å². The molecule has 1 N–H and O–H groups in total. The summed E-state index contributed by atoms with van der Waals surface area (Å²) >= 11 is 0. The van der Waals surface area contributed by atoms with E-state index in [2.05, 4.69) is 58.0 Å². The molecule has 0 aromatic heterocycles. The zero-order valence-corrected chi connectivity index (χ0v) is 15.2. The summed E-state index contributed by atoms with van der Waals surface area (Å²) < 4.78 is 4.95. The van der Waals surface area contributed by atoms with Crippen molar-refractivity contribution in [3.63, 3.8) is 0 Å². The second-order valence-electron chi connectivity index (χ2n) is 6.17. The van der Waals surface area contributed by atoms with Crippen LogP contribution >= 0.6 is 0 Å². The molecule has 1 aliphatic carbocycles. The van der Waals surface area contributed by atoms with Gasteiger partial charge in [0.25, 0.3) is 0 Å². The third-order valence-corrected chi connectivity index (χ3v) is 4.36. The predicted molar refractivity (Wildman–Crippen MR) is 101 cm³/mol. The Kier molecular flexibility index (Phi) is 7.67. The molecule has 1 aliphatic rings. The van der Waals surface area contributed by atoms with Crippen molar-refractivity contribution in [2.75, 3.05) is 7.11 Å². The molecule has 0 aliphatic heterocycles. The number of rotatable bonds is 9. The van der Waals surface area contributed by atoms with Crippen LogP contribution in [0.3, 0.4) is 0 Å². The third-order valence-electron chi connectivity index (χ3n) is 4.36. The van der Waals surface area contributed by atoms with E-state index in [9.17, 15) is 0 Å². The Balaban J connectivity index is 2.62. The quantitative estimate of drug-likeness (QED) is 0.544. The first kappa shape index (κ1) is 19.1. The fourth-order valence-corrected chi connectivity index (χ4v) is 2.86. The zero-order chi connectivity index (χ0) is 17.4. The van der Waals surface area contributed by atoms with Gasteiger partial charge in [-0.3, -0.25) is 0 Å². The monoisotopic (exact) mass is 313 g/mol. The molecule has 1 rings (SSSR count). The van der Waals surface area contributed by atoms with Gasteiger partial charge in [0, 0.05) is 0 Å². The molecule has 1 unspecified atom stereocenters. The van der Waals surface area contributed by atoms with Gasteiger partial charge >= 0.3 is 0 Å². The summed E-state index contributed by atoms with van der Waals surface area (Å²) in [5, 5.41) is 2.98. The average Bonchev–Trinajstić information content (AvgIpc) is 2.52. The maximum Gasteiger partial charge on any atom is 0.182 e. The topological polar surface area (TPSA) is 21.3 Å². The van der Waals surface area contributed by atoms with Crippen LogP contribution in [0.2, 0.25) is 0 Å². The molecule has 0 fully saturated rings. The van der Waals surface area contributed by atoms with Crippen molar-refractivity contribution >= 4 is 0 Å². The molecule has 0 aromatic carbocycles. The predicted octanol–water partition coefficient (Wildman–Crippen LogP) is 5.79. The molecule has 0 radical (unpaired) electrons. The molecule has 0 bridgehead atoms. The van der Waals surface area contributed by atoms with Crippen molar-refractivity contribution in [3.8, 4) is 0 Å². The van der Waals surface area contributed by atoms with E-state index < -0.39 is 0 Å². The first-order valence-corrected chi connectivity index (χ1v) is 8.32. The average molecular weight is 313 g/mol. The van der Waals surface area contributed by atoms with E-state index in [1.165, 1.54) is 27.9 Å². The fraction of sp³-hybridized carbons (Fsp3) is 0.429. The van der Waals surface area contributed by atoms with Crippen LogP contribution in [0.4, 0.5) is 0 Å². The van der Waals surface area contributed by atoms with Gasteiger partial charge in [0.15, 0.2) is 5.88 Å². The molecule has 0 saturated heterocycles. The maximum atomic E-state index is 4.95. The molecular formula is C21H31NO. The van der Waals surface area contributed by atoms with Gasteiger partial charge in [-0.1, -0.05) is 44.7 Å². The summed E-state index contributed by atoms with van der Waals surface area (Å²) in [6.45, 7) is 18.8. The van der Waals surface area contributed by atoms with E-state index in [1.807, 2.05) is 6.20 Å². The molecule has 0 amide bonds. The number of allylic oxidation sites excluding steroid dienone is 7. The smallest absolute Gasteiger partial charge is 0.182 e. The van der Waals surface area contributed by atoms with E-state index in [1.54, 1.807) is 7.11 Å². The summed E-state index contributed by atoms with van der Waals surface area (Å²) in [5.41, 5.74) is 6.48. The van der Waals surface area contributed by atoms with Crippen LogP contribution < -0.4 is 5.32 Å². The molecule has 0 heterocycles. The number of ether oxygens (including phenoxy) is 1. The minimum absolute atomic E-state index is 0.549. The minimum atomic E-state index is 0.549. The Morgan fingerprint density at radius 1 is 1.43 bits per heavy atom. The van der Waals surface area contributed by atoms with Crippen molar-refractivity contribution in [1.29, 1.82) is 0 Å². The molecule has 126 valence electrons. The van der Waals surface area contributed by atoms with Crippen molar-refractivity contribution in [3.05, 3.63) is 71.8 Å². The van der Waals surface area contributed by atoms with E-state index in [0.29, 0.717) is 11.8 Å². The van der Waals surface area contributed by atoms with E-state index in [0.717, 1.165) is 25.7 Å². The second kappa shape index (κ2) is 9.24. The Morgan fingerprint density at radius 3 is 2.70 bits per heavy atom. The highest BCUT2D eigenvalue weighted by molar-refractivity contribution is 5.55. The normalized spacial score (nSPS) is 16.3. The van der Waals surface area contributed by atoms with Gasteiger partial charge in [0.2, 0.25) is 0 Å². The van der Waals surface area contributed by atoms with Crippen LogP contribution in [0, 0.1) is 5.92 Å². The summed E-state index contributed by atoms with van der Waals surface area (Å²) in [6, 6.07) is 0. The highest BCUT2D eigenvalue weighted by Crippen LogP contribution is 2.36. The van der Waals surface area contributed by atoms with Crippen LogP contribution in [0.5, 0.6) is 0 Å². The van der Waals surface area contributed by atoms with E-state index in [-0.39, 0.29) is 0 Å². The van der Waals surface area contributed by atoms with E-state index >= 15 is 0 Å². The zero-order valence-electron chi connectivity index (χ0n) is 15.2. The Bertz CT molecular complexity index is 560. The molecule has 0 aromatic rings. The highest BCUT2D eigenvalue weighted by atomic mass is 16.5. The molecule has 2 heteroatoms. The Labute approximate surface area is 142 Å².